The van der Waals surface area contributed by atoms with E-state index in [1.54, 1.807) is 0 Å². The molecule has 3 nitrogen and oxygen atoms in total. The van der Waals surface area contributed by atoms with Crippen molar-refractivity contribution in [2.75, 3.05) is 33.7 Å². The summed E-state index contributed by atoms with van der Waals surface area (Å²) in [5.41, 5.74) is 1.38. The van der Waals surface area contributed by atoms with Crippen LogP contribution in [0.5, 0.6) is 0 Å². The fraction of sp³-hybridized carbons (Fsp3) is 0.643. The molecule has 1 saturated heterocycles. The molecule has 94 valence electrons. The summed E-state index contributed by atoms with van der Waals surface area (Å²) in [6.45, 7) is 3.63. The van der Waals surface area contributed by atoms with Crippen molar-refractivity contribution in [2.24, 2.45) is 0 Å². The highest BCUT2D eigenvalue weighted by molar-refractivity contribution is 5.15. The summed E-state index contributed by atoms with van der Waals surface area (Å²) in [6.07, 6.45) is 7.74. The summed E-state index contributed by atoms with van der Waals surface area (Å²) < 4.78 is 0. The van der Waals surface area contributed by atoms with Crippen LogP contribution in [0.1, 0.15) is 30.9 Å². The molecule has 1 aromatic rings. The van der Waals surface area contributed by atoms with Crippen molar-refractivity contribution in [3.05, 3.63) is 30.1 Å². The predicted molar refractivity (Wildman–Crippen MR) is 71.0 cm³/mol. The number of nitrogens with zero attached hydrogens (tertiary/aromatic N) is 3. The third kappa shape index (κ3) is 3.51. The van der Waals surface area contributed by atoms with E-state index in [4.69, 9.17) is 0 Å². The molecule has 1 aliphatic heterocycles. The van der Waals surface area contributed by atoms with E-state index in [1.165, 1.54) is 44.5 Å². The molecule has 0 saturated carbocycles. The summed E-state index contributed by atoms with van der Waals surface area (Å²) in [7, 11) is 4.28. The van der Waals surface area contributed by atoms with Gasteiger partial charge in [0.05, 0.1) is 0 Å². The van der Waals surface area contributed by atoms with E-state index in [0.717, 1.165) is 0 Å². The van der Waals surface area contributed by atoms with E-state index >= 15 is 0 Å². The van der Waals surface area contributed by atoms with Gasteiger partial charge in [-0.25, -0.2) is 0 Å². The third-order valence-electron chi connectivity index (χ3n) is 3.48. The first-order valence-corrected chi connectivity index (χ1v) is 6.56. The summed E-state index contributed by atoms with van der Waals surface area (Å²) in [5.74, 6) is 0. The third-order valence-corrected chi connectivity index (χ3v) is 3.48. The van der Waals surface area contributed by atoms with Crippen LogP contribution >= 0.6 is 0 Å². The predicted octanol–water partition coefficient (Wildman–Crippen LogP) is 2.17. The Labute approximate surface area is 104 Å². The van der Waals surface area contributed by atoms with E-state index < -0.39 is 0 Å². The van der Waals surface area contributed by atoms with Crippen molar-refractivity contribution in [1.82, 2.24) is 14.8 Å². The number of rotatable bonds is 5. The van der Waals surface area contributed by atoms with Gasteiger partial charge in [-0.05, 0) is 64.6 Å². The van der Waals surface area contributed by atoms with Crippen LogP contribution in [-0.4, -0.2) is 48.5 Å². The van der Waals surface area contributed by atoms with E-state index in [-0.39, 0.29) is 0 Å². The van der Waals surface area contributed by atoms with Crippen LogP contribution in [0, 0.1) is 0 Å². The van der Waals surface area contributed by atoms with Gasteiger partial charge in [0.25, 0.3) is 0 Å². The molecule has 1 atom stereocenters. The van der Waals surface area contributed by atoms with Crippen LogP contribution < -0.4 is 0 Å². The van der Waals surface area contributed by atoms with Gasteiger partial charge in [0.15, 0.2) is 0 Å². The van der Waals surface area contributed by atoms with E-state index in [0.29, 0.717) is 6.04 Å². The zero-order valence-electron chi connectivity index (χ0n) is 11.0. The molecular formula is C14H23N3. The minimum absolute atomic E-state index is 0.603. The van der Waals surface area contributed by atoms with E-state index in [2.05, 4.69) is 34.9 Å². The minimum atomic E-state index is 0.603. The Morgan fingerprint density at radius 2 is 2.35 bits per heavy atom. The van der Waals surface area contributed by atoms with Crippen molar-refractivity contribution in [2.45, 2.75) is 25.3 Å². The first kappa shape index (κ1) is 12.5. The molecule has 17 heavy (non-hydrogen) atoms. The van der Waals surface area contributed by atoms with Crippen LogP contribution in [0.25, 0.3) is 0 Å². The van der Waals surface area contributed by atoms with Crippen molar-refractivity contribution in [3.63, 3.8) is 0 Å². The standard InChI is InChI=1S/C14H23N3/c1-16(2)9-5-11-17-10-4-7-14(17)13-6-3-8-15-12-13/h3,6,8,12,14H,4-5,7,9-11H2,1-2H3/t14-/m1/s1. The molecular weight excluding hydrogens is 210 g/mol. The van der Waals surface area contributed by atoms with Gasteiger partial charge in [0.2, 0.25) is 0 Å². The lowest BCUT2D eigenvalue weighted by Crippen LogP contribution is -2.27. The molecule has 0 unspecified atom stereocenters. The molecule has 0 N–H and O–H groups in total. The highest BCUT2D eigenvalue weighted by Gasteiger charge is 2.25. The zero-order valence-corrected chi connectivity index (χ0v) is 11.0. The first-order valence-electron chi connectivity index (χ1n) is 6.56. The summed E-state index contributed by atoms with van der Waals surface area (Å²) >= 11 is 0. The second-order valence-corrected chi connectivity index (χ2v) is 5.14. The Bertz CT molecular complexity index is 323. The Kier molecular flexibility index (Phi) is 4.51. The van der Waals surface area contributed by atoms with Crippen LogP contribution in [0.15, 0.2) is 24.5 Å². The molecule has 2 rings (SSSR count). The van der Waals surface area contributed by atoms with Gasteiger partial charge < -0.3 is 4.90 Å². The van der Waals surface area contributed by atoms with Crippen LogP contribution in [-0.2, 0) is 0 Å². The molecule has 1 aromatic heterocycles. The largest absolute Gasteiger partial charge is 0.309 e. The Hall–Kier alpha value is -0.930. The maximum absolute atomic E-state index is 4.24. The van der Waals surface area contributed by atoms with Crippen LogP contribution in [0.2, 0.25) is 0 Å². The van der Waals surface area contributed by atoms with Gasteiger partial charge >= 0.3 is 0 Å². The van der Waals surface area contributed by atoms with Crippen molar-refractivity contribution < 1.29 is 0 Å². The fourth-order valence-electron chi connectivity index (χ4n) is 2.63. The number of pyridine rings is 1. The van der Waals surface area contributed by atoms with Gasteiger partial charge in [-0.15, -0.1) is 0 Å². The smallest absolute Gasteiger partial charge is 0.0363 e. The van der Waals surface area contributed by atoms with Gasteiger partial charge in [0, 0.05) is 18.4 Å². The molecule has 3 heteroatoms. The topological polar surface area (TPSA) is 19.4 Å². The molecule has 0 bridgehead atoms. The molecule has 1 fully saturated rings. The molecule has 0 amide bonds. The molecule has 0 spiro atoms. The van der Waals surface area contributed by atoms with Gasteiger partial charge in [-0.1, -0.05) is 6.07 Å². The lowest BCUT2D eigenvalue weighted by Gasteiger charge is -2.25. The van der Waals surface area contributed by atoms with Crippen molar-refractivity contribution in [1.29, 1.82) is 0 Å². The Morgan fingerprint density at radius 1 is 1.47 bits per heavy atom. The number of aromatic nitrogens is 1. The second-order valence-electron chi connectivity index (χ2n) is 5.14. The lowest BCUT2D eigenvalue weighted by molar-refractivity contribution is 0.240. The average Bonchev–Trinajstić information content (AvgIpc) is 2.78. The van der Waals surface area contributed by atoms with Gasteiger partial charge in [-0.2, -0.15) is 0 Å². The molecule has 0 radical (unpaired) electrons. The van der Waals surface area contributed by atoms with Crippen LogP contribution in [0.4, 0.5) is 0 Å². The van der Waals surface area contributed by atoms with Crippen LogP contribution in [0.3, 0.4) is 0 Å². The highest BCUT2D eigenvalue weighted by atomic mass is 15.2. The van der Waals surface area contributed by atoms with E-state index in [9.17, 15) is 0 Å². The molecule has 0 aliphatic carbocycles. The van der Waals surface area contributed by atoms with Gasteiger partial charge in [-0.3, -0.25) is 9.88 Å². The van der Waals surface area contributed by atoms with Crippen molar-refractivity contribution in [3.8, 4) is 0 Å². The normalized spacial score (nSPS) is 21.2. The quantitative estimate of drug-likeness (QED) is 0.777. The highest BCUT2D eigenvalue weighted by Crippen LogP contribution is 2.31. The SMILES string of the molecule is CN(C)CCCN1CCC[C@@H]1c1cccnc1. The van der Waals surface area contributed by atoms with Crippen molar-refractivity contribution >= 4 is 0 Å². The fourth-order valence-corrected chi connectivity index (χ4v) is 2.63. The molecule has 2 heterocycles. The monoisotopic (exact) mass is 233 g/mol. The Balaban J connectivity index is 1.89. The second kappa shape index (κ2) is 6.12. The molecule has 1 aliphatic rings. The average molecular weight is 233 g/mol. The minimum Gasteiger partial charge on any atom is -0.309 e. The van der Waals surface area contributed by atoms with Gasteiger partial charge in [0.1, 0.15) is 0 Å². The first-order chi connectivity index (χ1) is 8.27. The maximum Gasteiger partial charge on any atom is 0.0363 e. The maximum atomic E-state index is 4.24. The lowest BCUT2D eigenvalue weighted by atomic mass is 10.1. The number of hydrogen-bond donors (Lipinski definition) is 0. The zero-order chi connectivity index (χ0) is 12.1. The summed E-state index contributed by atoms with van der Waals surface area (Å²) in [6, 6.07) is 4.86. The molecule has 0 aromatic carbocycles. The summed E-state index contributed by atoms with van der Waals surface area (Å²) in [4.78, 5) is 9.11. The number of hydrogen-bond acceptors (Lipinski definition) is 3. The Morgan fingerprint density at radius 3 is 3.06 bits per heavy atom. The number of likely N-dealkylation sites (tertiary alicyclic amines) is 1. The summed E-state index contributed by atoms with van der Waals surface area (Å²) in [5, 5.41) is 0. The van der Waals surface area contributed by atoms with E-state index in [1.807, 2.05) is 18.5 Å².